The molecule has 0 spiro atoms. The van der Waals surface area contributed by atoms with Gasteiger partial charge in [-0.2, -0.15) is 0 Å². The summed E-state index contributed by atoms with van der Waals surface area (Å²) in [6.45, 7) is 8.67. The van der Waals surface area contributed by atoms with E-state index in [0.29, 0.717) is 18.9 Å². The second-order valence-electron chi connectivity index (χ2n) is 8.91. The van der Waals surface area contributed by atoms with Crippen LogP contribution in [0.5, 0.6) is 0 Å². The molecule has 1 N–H and O–H groups in total. The fourth-order valence-corrected chi connectivity index (χ4v) is 4.38. The van der Waals surface area contributed by atoms with E-state index in [1.165, 1.54) is 0 Å². The number of rotatable bonds is 6. The van der Waals surface area contributed by atoms with E-state index < -0.39 is 0 Å². The predicted molar refractivity (Wildman–Crippen MR) is 104 cm³/mol. The fraction of sp³-hybridized carbons (Fsp3) is 0.750. The van der Waals surface area contributed by atoms with Crippen LogP contribution in [-0.2, 0) is 16.0 Å². The third-order valence-corrected chi connectivity index (χ3v) is 6.06. The van der Waals surface area contributed by atoms with Crippen molar-refractivity contribution in [2.24, 2.45) is 11.3 Å². The van der Waals surface area contributed by atoms with Gasteiger partial charge in [-0.3, -0.25) is 9.59 Å². The van der Waals surface area contributed by atoms with Crippen LogP contribution in [0.15, 0.2) is 5.38 Å². The molecule has 0 aromatic carbocycles. The lowest BCUT2D eigenvalue weighted by Gasteiger charge is -2.33. The minimum atomic E-state index is 0.0310. The zero-order valence-corrected chi connectivity index (χ0v) is 17.0. The summed E-state index contributed by atoms with van der Waals surface area (Å²) in [7, 11) is 0. The lowest BCUT2D eigenvalue weighted by Crippen LogP contribution is -2.40. The van der Waals surface area contributed by atoms with Crippen molar-refractivity contribution in [3.05, 3.63) is 16.1 Å². The van der Waals surface area contributed by atoms with E-state index in [1.807, 2.05) is 4.90 Å². The van der Waals surface area contributed by atoms with Gasteiger partial charge >= 0.3 is 0 Å². The topological polar surface area (TPSA) is 62.3 Å². The molecule has 6 heteroatoms. The highest BCUT2D eigenvalue weighted by atomic mass is 32.1. The lowest BCUT2D eigenvalue weighted by atomic mass is 9.90. The number of carbonyl (C=O) groups excluding carboxylic acids is 2. The highest BCUT2D eigenvalue weighted by molar-refractivity contribution is 7.09. The van der Waals surface area contributed by atoms with E-state index in [-0.39, 0.29) is 23.1 Å². The number of hydrogen-bond donors (Lipinski definition) is 1. The van der Waals surface area contributed by atoms with E-state index in [0.717, 1.165) is 55.9 Å². The molecule has 2 heterocycles. The molecule has 1 saturated carbocycles. The molecular formula is C20H31N3O2S. The van der Waals surface area contributed by atoms with Crippen LogP contribution >= 0.6 is 11.3 Å². The maximum atomic E-state index is 12.5. The molecule has 2 aliphatic rings. The number of amides is 2. The Morgan fingerprint density at radius 3 is 2.77 bits per heavy atom. The van der Waals surface area contributed by atoms with E-state index in [2.05, 4.69) is 31.5 Å². The van der Waals surface area contributed by atoms with Gasteiger partial charge in [0.1, 0.15) is 0 Å². The number of nitrogens with one attached hydrogen (secondary N) is 1. The molecule has 1 aromatic heterocycles. The van der Waals surface area contributed by atoms with Crippen LogP contribution in [0.2, 0.25) is 0 Å². The maximum absolute atomic E-state index is 12.5. The van der Waals surface area contributed by atoms with Crippen molar-refractivity contribution in [2.75, 3.05) is 19.6 Å². The van der Waals surface area contributed by atoms with E-state index in [1.54, 1.807) is 11.3 Å². The number of likely N-dealkylation sites (tertiary alicyclic amines) is 1. The third-order valence-electron chi connectivity index (χ3n) is 5.00. The summed E-state index contributed by atoms with van der Waals surface area (Å²) < 4.78 is 0. The van der Waals surface area contributed by atoms with Crippen LogP contribution in [0.3, 0.4) is 0 Å². The Bertz CT molecular complexity index is 646. The van der Waals surface area contributed by atoms with Crippen molar-refractivity contribution in [3.8, 4) is 0 Å². The Morgan fingerprint density at radius 1 is 1.31 bits per heavy atom. The first-order valence-corrected chi connectivity index (χ1v) is 10.7. The van der Waals surface area contributed by atoms with Crippen molar-refractivity contribution in [3.63, 3.8) is 0 Å². The minimum absolute atomic E-state index is 0.0310. The van der Waals surface area contributed by atoms with E-state index in [9.17, 15) is 9.59 Å². The molecule has 0 radical (unpaired) electrons. The lowest BCUT2D eigenvalue weighted by molar-refractivity contribution is -0.134. The molecular weight excluding hydrogens is 346 g/mol. The molecule has 5 nitrogen and oxygen atoms in total. The average Bonchev–Trinajstić information content (AvgIpc) is 3.33. The normalized spacial score (nSPS) is 20.9. The monoisotopic (exact) mass is 377 g/mol. The van der Waals surface area contributed by atoms with Crippen molar-refractivity contribution in [1.29, 1.82) is 0 Å². The van der Waals surface area contributed by atoms with E-state index >= 15 is 0 Å². The Kier molecular flexibility index (Phi) is 6.00. The summed E-state index contributed by atoms with van der Waals surface area (Å²) in [5, 5.41) is 6.24. The minimum Gasteiger partial charge on any atom is -0.355 e. The molecule has 144 valence electrons. The van der Waals surface area contributed by atoms with Crippen LogP contribution in [-0.4, -0.2) is 41.3 Å². The Labute approximate surface area is 160 Å². The Balaban J connectivity index is 1.49. The van der Waals surface area contributed by atoms with Gasteiger partial charge in [0.15, 0.2) is 0 Å². The summed E-state index contributed by atoms with van der Waals surface area (Å²) in [5.41, 5.74) is 1.09. The molecule has 3 rings (SSSR count). The number of nitrogens with zero attached hydrogens (tertiary/aromatic N) is 2. The van der Waals surface area contributed by atoms with Crippen LogP contribution in [0, 0.1) is 11.3 Å². The first-order valence-electron chi connectivity index (χ1n) is 9.81. The zero-order chi connectivity index (χ0) is 18.7. The van der Waals surface area contributed by atoms with Gasteiger partial charge in [-0.1, -0.05) is 20.8 Å². The highest BCUT2D eigenvalue weighted by Crippen LogP contribution is 2.31. The second kappa shape index (κ2) is 8.07. The smallest absolute Gasteiger partial charge is 0.223 e. The molecule has 0 bridgehead atoms. The molecule has 0 unspecified atom stereocenters. The van der Waals surface area contributed by atoms with Crippen LogP contribution in [0.25, 0.3) is 0 Å². The van der Waals surface area contributed by atoms with Crippen molar-refractivity contribution < 1.29 is 9.59 Å². The summed E-state index contributed by atoms with van der Waals surface area (Å²) in [6, 6.07) is 0. The van der Waals surface area contributed by atoms with Crippen molar-refractivity contribution in [2.45, 2.75) is 65.2 Å². The molecule has 2 amide bonds. The third kappa shape index (κ3) is 5.53. The Hall–Kier alpha value is -1.43. The first-order chi connectivity index (χ1) is 12.3. The van der Waals surface area contributed by atoms with Crippen LogP contribution < -0.4 is 5.32 Å². The number of thiazole rings is 1. The van der Waals surface area contributed by atoms with Gasteiger partial charge in [0.25, 0.3) is 0 Å². The maximum Gasteiger partial charge on any atom is 0.223 e. The molecule has 1 saturated heterocycles. The summed E-state index contributed by atoms with van der Waals surface area (Å²) >= 11 is 1.70. The summed E-state index contributed by atoms with van der Waals surface area (Å²) in [6.07, 6.45) is 5.62. The van der Waals surface area contributed by atoms with Gasteiger partial charge in [0.2, 0.25) is 11.8 Å². The SMILES string of the molecule is CC(C)(C)CC(=O)N1CCC[C@H](c2nc(CCNC(=O)C3CC3)cs2)C1. The largest absolute Gasteiger partial charge is 0.355 e. The number of hydrogen-bond acceptors (Lipinski definition) is 4. The van der Waals surface area contributed by atoms with Crippen LogP contribution in [0.1, 0.15) is 69.5 Å². The summed E-state index contributed by atoms with van der Waals surface area (Å²) in [5.74, 6) is 1.08. The molecule has 1 aromatic rings. The Morgan fingerprint density at radius 2 is 2.08 bits per heavy atom. The quantitative estimate of drug-likeness (QED) is 0.827. The van der Waals surface area contributed by atoms with Gasteiger partial charge < -0.3 is 10.2 Å². The molecule has 1 atom stereocenters. The van der Waals surface area contributed by atoms with Gasteiger partial charge in [-0.15, -0.1) is 11.3 Å². The number of piperidine rings is 1. The average molecular weight is 378 g/mol. The molecule has 26 heavy (non-hydrogen) atoms. The standard InChI is InChI=1S/C20H31N3O2S/c1-20(2,3)11-17(24)23-10-4-5-15(12-23)19-22-16(13-26-19)8-9-21-18(25)14-6-7-14/h13-15H,4-12H2,1-3H3,(H,21,25)/t15-/m0/s1. The zero-order valence-electron chi connectivity index (χ0n) is 16.2. The molecule has 1 aliphatic carbocycles. The molecule has 1 aliphatic heterocycles. The van der Waals surface area contributed by atoms with Crippen molar-refractivity contribution >= 4 is 23.2 Å². The summed E-state index contributed by atoms with van der Waals surface area (Å²) in [4.78, 5) is 31.0. The predicted octanol–water partition coefficient (Wildman–Crippen LogP) is 3.35. The van der Waals surface area contributed by atoms with Gasteiger partial charge in [-0.25, -0.2) is 4.98 Å². The fourth-order valence-electron chi connectivity index (χ4n) is 3.40. The highest BCUT2D eigenvalue weighted by Gasteiger charge is 2.30. The van der Waals surface area contributed by atoms with Gasteiger partial charge in [0, 0.05) is 49.7 Å². The molecule has 2 fully saturated rings. The second-order valence-corrected chi connectivity index (χ2v) is 9.80. The van der Waals surface area contributed by atoms with Gasteiger partial charge in [-0.05, 0) is 31.1 Å². The first kappa shape index (κ1) is 19.3. The van der Waals surface area contributed by atoms with Crippen LogP contribution in [0.4, 0.5) is 0 Å². The van der Waals surface area contributed by atoms with E-state index in [4.69, 9.17) is 4.98 Å². The van der Waals surface area contributed by atoms with Crippen molar-refractivity contribution in [1.82, 2.24) is 15.2 Å². The van der Waals surface area contributed by atoms with Gasteiger partial charge in [0.05, 0.1) is 10.7 Å². The number of aromatic nitrogens is 1. The number of carbonyl (C=O) groups is 2.